The van der Waals surface area contributed by atoms with Crippen molar-refractivity contribution in [3.63, 3.8) is 0 Å². The van der Waals surface area contributed by atoms with Gasteiger partial charge in [-0.2, -0.15) is 0 Å². The average Bonchev–Trinajstić information content (AvgIpc) is 2.75. The Labute approximate surface area is 184 Å². The van der Waals surface area contributed by atoms with Crippen molar-refractivity contribution in [2.24, 2.45) is 0 Å². The van der Waals surface area contributed by atoms with E-state index in [1.165, 1.54) is 0 Å². The number of nitrogens with zero attached hydrogens (tertiary/aromatic N) is 1. The summed E-state index contributed by atoms with van der Waals surface area (Å²) in [5.41, 5.74) is 2.56. The number of likely N-dealkylation sites (tertiary alicyclic amines) is 1. The Morgan fingerprint density at radius 2 is 1.77 bits per heavy atom. The van der Waals surface area contributed by atoms with Crippen LogP contribution in [0.2, 0.25) is 0 Å². The van der Waals surface area contributed by atoms with Crippen LogP contribution in [0.3, 0.4) is 0 Å². The maximum atomic E-state index is 12.8. The number of halogens is 1. The maximum Gasteiger partial charge on any atom is 0.251 e. The first kappa shape index (κ1) is 20.7. The molecular formula is C23H25BrN2O4. The summed E-state index contributed by atoms with van der Waals surface area (Å²) in [6, 6.07) is 11.4. The Hall–Kier alpha value is -2.54. The van der Waals surface area contributed by atoms with Crippen LogP contribution in [-0.2, 0) is 11.2 Å². The fraction of sp³-hybridized carbons (Fsp3) is 0.391. The molecule has 2 heterocycles. The average molecular weight is 473 g/mol. The molecule has 0 saturated carbocycles. The Kier molecular flexibility index (Phi) is 6.27. The van der Waals surface area contributed by atoms with E-state index in [9.17, 15) is 9.59 Å². The molecule has 0 aliphatic carbocycles. The van der Waals surface area contributed by atoms with E-state index in [0.29, 0.717) is 49.8 Å². The summed E-state index contributed by atoms with van der Waals surface area (Å²) >= 11 is 3.54. The van der Waals surface area contributed by atoms with E-state index in [2.05, 4.69) is 21.2 Å². The minimum absolute atomic E-state index is 0.0434. The second-order valence-electron chi connectivity index (χ2n) is 7.71. The van der Waals surface area contributed by atoms with E-state index in [1.807, 2.05) is 48.2 Å². The van der Waals surface area contributed by atoms with Crippen LogP contribution in [0.5, 0.6) is 11.5 Å². The van der Waals surface area contributed by atoms with Crippen LogP contribution in [0.15, 0.2) is 40.9 Å². The highest BCUT2D eigenvalue weighted by Crippen LogP contribution is 2.36. The molecule has 158 valence electrons. The molecule has 7 heteroatoms. The third-order valence-electron chi connectivity index (χ3n) is 5.63. The molecule has 0 atom stereocenters. The van der Waals surface area contributed by atoms with Crippen molar-refractivity contribution in [2.45, 2.75) is 32.2 Å². The van der Waals surface area contributed by atoms with Crippen LogP contribution in [0, 0.1) is 6.92 Å². The molecule has 0 bridgehead atoms. The third-order valence-corrected chi connectivity index (χ3v) is 6.36. The molecule has 1 N–H and O–H groups in total. The van der Waals surface area contributed by atoms with Crippen LogP contribution in [0.4, 0.5) is 0 Å². The van der Waals surface area contributed by atoms with Crippen LogP contribution >= 0.6 is 15.9 Å². The highest BCUT2D eigenvalue weighted by atomic mass is 79.9. The van der Waals surface area contributed by atoms with Crippen LogP contribution < -0.4 is 14.8 Å². The normalized spacial score (nSPS) is 16.3. The summed E-state index contributed by atoms with van der Waals surface area (Å²) in [6.07, 6.45) is 1.81. The summed E-state index contributed by atoms with van der Waals surface area (Å²) < 4.78 is 12.1. The molecule has 2 aliphatic heterocycles. The number of amides is 2. The van der Waals surface area contributed by atoms with Gasteiger partial charge in [-0.15, -0.1) is 0 Å². The first-order valence-corrected chi connectivity index (χ1v) is 11.0. The van der Waals surface area contributed by atoms with Gasteiger partial charge in [0.15, 0.2) is 11.5 Å². The molecule has 0 radical (unpaired) electrons. The molecule has 2 aliphatic rings. The van der Waals surface area contributed by atoms with E-state index >= 15 is 0 Å². The minimum atomic E-state index is -0.0434. The Balaban J connectivity index is 1.31. The molecule has 0 spiro atoms. The van der Waals surface area contributed by atoms with Gasteiger partial charge in [0, 0.05) is 29.2 Å². The Morgan fingerprint density at radius 1 is 1.10 bits per heavy atom. The van der Waals surface area contributed by atoms with Crippen molar-refractivity contribution in [1.29, 1.82) is 0 Å². The van der Waals surface area contributed by atoms with Crippen molar-refractivity contribution in [1.82, 2.24) is 10.2 Å². The first-order valence-electron chi connectivity index (χ1n) is 10.2. The van der Waals surface area contributed by atoms with Gasteiger partial charge in [-0.25, -0.2) is 0 Å². The predicted octanol–water partition coefficient (Wildman–Crippen LogP) is 3.49. The van der Waals surface area contributed by atoms with Crippen molar-refractivity contribution in [3.05, 3.63) is 57.6 Å². The standard InChI is InChI=1S/C23H25BrN2O4/c1-15-4-2-3-5-18(15)23(28)25-17-6-8-26(9-7-17)22(27)13-16-12-20-21(14-19(16)24)30-11-10-29-20/h2-5,12,14,17H,6-11,13H2,1H3,(H,25,28). The molecule has 2 amide bonds. The number of nitrogens with one attached hydrogen (secondary N) is 1. The largest absolute Gasteiger partial charge is 0.486 e. The number of aryl methyl sites for hydroxylation is 1. The highest BCUT2D eigenvalue weighted by Gasteiger charge is 2.25. The number of benzene rings is 2. The molecule has 6 nitrogen and oxygen atoms in total. The third kappa shape index (κ3) is 4.61. The zero-order valence-corrected chi connectivity index (χ0v) is 18.5. The van der Waals surface area contributed by atoms with E-state index in [1.54, 1.807) is 0 Å². The molecular weight excluding hydrogens is 448 g/mol. The lowest BCUT2D eigenvalue weighted by Crippen LogP contribution is -2.47. The lowest BCUT2D eigenvalue weighted by atomic mass is 10.0. The van der Waals surface area contributed by atoms with Gasteiger partial charge in [-0.05, 0) is 49.1 Å². The maximum absolute atomic E-state index is 12.8. The second kappa shape index (κ2) is 9.08. The minimum Gasteiger partial charge on any atom is -0.486 e. The number of hydrogen-bond acceptors (Lipinski definition) is 4. The lowest BCUT2D eigenvalue weighted by molar-refractivity contribution is -0.131. The summed E-state index contributed by atoms with van der Waals surface area (Å²) in [4.78, 5) is 27.2. The summed E-state index contributed by atoms with van der Waals surface area (Å²) in [5, 5.41) is 3.11. The van der Waals surface area contributed by atoms with Gasteiger partial charge in [0.1, 0.15) is 13.2 Å². The molecule has 30 heavy (non-hydrogen) atoms. The number of carbonyl (C=O) groups is 2. The molecule has 2 aromatic carbocycles. The Bertz CT molecular complexity index is 954. The Morgan fingerprint density at radius 3 is 2.47 bits per heavy atom. The molecule has 1 saturated heterocycles. The molecule has 1 fully saturated rings. The van der Waals surface area contributed by atoms with Gasteiger partial charge in [0.25, 0.3) is 5.91 Å². The fourth-order valence-corrected chi connectivity index (χ4v) is 4.34. The first-order chi connectivity index (χ1) is 14.5. The van der Waals surface area contributed by atoms with Crippen molar-refractivity contribution in [3.8, 4) is 11.5 Å². The summed E-state index contributed by atoms with van der Waals surface area (Å²) in [7, 11) is 0. The number of carbonyl (C=O) groups excluding carboxylic acids is 2. The van der Waals surface area contributed by atoms with Gasteiger partial charge < -0.3 is 19.7 Å². The van der Waals surface area contributed by atoms with Gasteiger partial charge in [0.2, 0.25) is 5.91 Å². The molecule has 0 unspecified atom stereocenters. The van der Waals surface area contributed by atoms with Gasteiger partial charge in [-0.3, -0.25) is 9.59 Å². The smallest absolute Gasteiger partial charge is 0.251 e. The SMILES string of the molecule is Cc1ccccc1C(=O)NC1CCN(C(=O)Cc2cc3c(cc2Br)OCCO3)CC1. The zero-order valence-electron chi connectivity index (χ0n) is 16.9. The topological polar surface area (TPSA) is 67.9 Å². The van der Waals surface area contributed by atoms with Gasteiger partial charge in [-0.1, -0.05) is 34.1 Å². The summed E-state index contributed by atoms with van der Waals surface area (Å²) in [5.74, 6) is 1.42. The van der Waals surface area contributed by atoms with Crippen LogP contribution in [0.25, 0.3) is 0 Å². The van der Waals surface area contributed by atoms with Crippen molar-refractivity contribution < 1.29 is 19.1 Å². The van der Waals surface area contributed by atoms with Crippen molar-refractivity contribution >= 4 is 27.7 Å². The number of hydrogen-bond donors (Lipinski definition) is 1. The highest BCUT2D eigenvalue weighted by molar-refractivity contribution is 9.10. The lowest BCUT2D eigenvalue weighted by Gasteiger charge is -2.32. The number of piperidine rings is 1. The van der Waals surface area contributed by atoms with Crippen molar-refractivity contribution in [2.75, 3.05) is 26.3 Å². The van der Waals surface area contributed by atoms with Gasteiger partial charge in [0.05, 0.1) is 6.42 Å². The number of fused-ring (bicyclic) bond motifs is 1. The van der Waals surface area contributed by atoms with Crippen LogP contribution in [-0.4, -0.2) is 49.1 Å². The van der Waals surface area contributed by atoms with E-state index < -0.39 is 0 Å². The quantitative estimate of drug-likeness (QED) is 0.739. The van der Waals surface area contributed by atoms with Crippen LogP contribution in [0.1, 0.15) is 34.3 Å². The molecule has 2 aromatic rings. The summed E-state index contributed by atoms with van der Waals surface area (Å²) in [6.45, 7) is 4.27. The number of ether oxygens (including phenoxy) is 2. The molecule has 0 aromatic heterocycles. The van der Waals surface area contributed by atoms with Gasteiger partial charge >= 0.3 is 0 Å². The van der Waals surface area contributed by atoms with E-state index in [4.69, 9.17) is 9.47 Å². The second-order valence-corrected chi connectivity index (χ2v) is 8.56. The van der Waals surface area contributed by atoms with E-state index in [0.717, 1.165) is 28.4 Å². The molecule has 4 rings (SSSR count). The predicted molar refractivity (Wildman–Crippen MR) is 117 cm³/mol. The zero-order chi connectivity index (χ0) is 21.1. The monoisotopic (exact) mass is 472 g/mol. The fourth-order valence-electron chi connectivity index (χ4n) is 3.88. The number of rotatable bonds is 4. The van der Waals surface area contributed by atoms with E-state index in [-0.39, 0.29) is 17.9 Å².